The van der Waals surface area contributed by atoms with Crippen molar-refractivity contribution in [1.29, 1.82) is 0 Å². The highest BCUT2D eigenvalue weighted by Gasteiger charge is 2.20. The minimum absolute atomic E-state index is 0.0234. The summed E-state index contributed by atoms with van der Waals surface area (Å²) in [6, 6.07) is 18.0. The second-order valence-electron chi connectivity index (χ2n) is 6.40. The van der Waals surface area contributed by atoms with Gasteiger partial charge in [0.15, 0.2) is 0 Å². The maximum Gasteiger partial charge on any atom is 0.251 e. The van der Waals surface area contributed by atoms with E-state index >= 15 is 0 Å². The average Bonchev–Trinajstić information content (AvgIpc) is 2.69. The zero-order valence-electron chi connectivity index (χ0n) is 14.8. The van der Waals surface area contributed by atoms with Crippen molar-refractivity contribution in [3.05, 3.63) is 71.3 Å². The molecule has 1 heterocycles. The topological polar surface area (TPSA) is 41.6 Å². The van der Waals surface area contributed by atoms with Gasteiger partial charge in [0, 0.05) is 25.2 Å². The third-order valence-corrected chi connectivity index (χ3v) is 4.68. The van der Waals surface area contributed by atoms with Gasteiger partial charge in [0.25, 0.3) is 5.91 Å². The molecule has 0 radical (unpaired) electrons. The molecule has 3 rings (SSSR count). The highest BCUT2D eigenvalue weighted by molar-refractivity contribution is 5.94. The lowest BCUT2D eigenvalue weighted by molar-refractivity contribution is 0.0332. The van der Waals surface area contributed by atoms with Crippen molar-refractivity contribution in [2.45, 2.75) is 19.4 Å². The molecule has 2 aromatic carbocycles. The minimum Gasteiger partial charge on any atom is -0.379 e. The Morgan fingerprint density at radius 2 is 1.76 bits per heavy atom. The van der Waals surface area contributed by atoms with Crippen LogP contribution in [0.5, 0.6) is 0 Å². The second kappa shape index (κ2) is 8.79. The van der Waals surface area contributed by atoms with Crippen LogP contribution in [-0.2, 0) is 11.2 Å². The molecule has 1 N–H and O–H groups in total. The van der Waals surface area contributed by atoms with Gasteiger partial charge in [0.1, 0.15) is 0 Å². The Morgan fingerprint density at radius 1 is 1.08 bits per heavy atom. The van der Waals surface area contributed by atoms with Gasteiger partial charge in [0.05, 0.1) is 19.3 Å². The first-order valence-corrected chi connectivity index (χ1v) is 9.01. The SMILES string of the molecule is CCc1ccc(C(=O)N[C@H](CN2CCOCC2)c2ccccc2)cc1. The van der Waals surface area contributed by atoms with E-state index in [1.54, 1.807) is 0 Å². The van der Waals surface area contributed by atoms with Crippen LogP contribution >= 0.6 is 0 Å². The number of ether oxygens (including phenoxy) is 1. The van der Waals surface area contributed by atoms with Gasteiger partial charge in [-0.25, -0.2) is 0 Å². The van der Waals surface area contributed by atoms with Crippen molar-refractivity contribution in [2.24, 2.45) is 0 Å². The average molecular weight is 338 g/mol. The number of aryl methyl sites for hydroxylation is 1. The van der Waals surface area contributed by atoms with Gasteiger partial charge in [-0.15, -0.1) is 0 Å². The van der Waals surface area contributed by atoms with E-state index in [9.17, 15) is 4.79 Å². The Hall–Kier alpha value is -2.17. The van der Waals surface area contributed by atoms with Crippen LogP contribution < -0.4 is 5.32 Å². The fraction of sp³-hybridized carbons (Fsp3) is 0.381. The van der Waals surface area contributed by atoms with E-state index < -0.39 is 0 Å². The van der Waals surface area contributed by atoms with Gasteiger partial charge in [-0.3, -0.25) is 9.69 Å². The van der Waals surface area contributed by atoms with E-state index in [-0.39, 0.29) is 11.9 Å². The third kappa shape index (κ3) is 4.91. The van der Waals surface area contributed by atoms with Crippen molar-refractivity contribution in [3.8, 4) is 0 Å². The first-order chi connectivity index (χ1) is 12.3. The lowest BCUT2D eigenvalue weighted by Crippen LogP contribution is -2.43. The van der Waals surface area contributed by atoms with E-state index in [0.29, 0.717) is 5.56 Å². The predicted octanol–water partition coefficient (Wildman–Crippen LogP) is 3.05. The predicted molar refractivity (Wildman–Crippen MR) is 99.7 cm³/mol. The summed E-state index contributed by atoms with van der Waals surface area (Å²) in [5.41, 5.74) is 3.08. The van der Waals surface area contributed by atoms with Gasteiger partial charge in [-0.05, 0) is 29.7 Å². The van der Waals surface area contributed by atoms with Gasteiger partial charge in [-0.1, -0.05) is 49.4 Å². The van der Waals surface area contributed by atoms with E-state index in [1.165, 1.54) is 5.56 Å². The summed E-state index contributed by atoms with van der Waals surface area (Å²) < 4.78 is 5.43. The van der Waals surface area contributed by atoms with E-state index in [4.69, 9.17) is 4.74 Å². The molecule has 0 saturated carbocycles. The summed E-state index contributed by atoms with van der Waals surface area (Å²) in [6.45, 7) is 6.24. The monoisotopic (exact) mass is 338 g/mol. The van der Waals surface area contributed by atoms with Crippen LogP contribution in [-0.4, -0.2) is 43.7 Å². The maximum atomic E-state index is 12.7. The maximum absolute atomic E-state index is 12.7. The molecule has 1 atom stereocenters. The number of hydrogen-bond donors (Lipinski definition) is 1. The van der Waals surface area contributed by atoms with Gasteiger partial charge in [-0.2, -0.15) is 0 Å². The Morgan fingerprint density at radius 3 is 2.40 bits per heavy atom. The molecular formula is C21H26N2O2. The van der Waals surface area contributed by atoms with Crippen LogP contribution in [0.3, 0.4) is 0 Å². The molecule has 0 aromatic heterocycles. The molecule has 1 aliphatic heterocycles. The lowest BCUT2D eigenvalue weighted by atomic mass is 10.0. The molecule has 132 valence electrons. The number of rotatable bonds is 6. The molecule has 1 fully saturated rings. The molecule has 4 heteroatoms. The Balaban J connectivity index is 1.72. The van der Waals surface area contributed by atoms with E-state index in [2.05, 4.69) is 29.3 Å². The van der Waals surface area contributed by atoms with E-state index in [0.717, 1.165) is 44.8 Å². The quantitative estimate of drug-likeness (QED) is 0.880. The fourth-order valence-corrected chi connectivity index (χ4v) is 3.10. The molecule has 1 saturated heterocycles. The van der Waals surface area contributed by atoms with Crippen LogP contribution in [0.1, 0.15) is 34.5 Å². The van der Waals surface area contributed by atoms with Crippen LogP contribution in [0, 0.1) is 0 Å². The molecule has 2 aromatic rings. The van der Waals surface area contributed by atoms with Crippen molar-refractivity contribution < 1.29 is 9.53 Å². The summed E-state index contributed by atoms with van der Waals surface area (Å²) in [5, 5.41) is 3.21. The number of carbonyl (C=O) groups is 1. The lowest BCUT2D eigenvalue weighted by Gasteiger charge is -2.31. The minimum atomic E-state index is -0.0300. The number of morpholine rings is 1. The summed E-state index contributed by atoms with van der Waals surface area (Å²) in [5.74, 6) is -0.0234. The number of benzene rings is 2. The summed E-state index contributed by atoms with van der Waals surface area (Å²) in [7, 11) is 0. The summed E-state index contributed by atoms with van der Waals surface area (Å²) in [6.07, 6.45) is 0.978. The molecular weight excluding hydrogens is 312 g/mol. The zero-order valence-corrected chi connectivity index (χ0v) is 14.8. The number of nitrogens with one attached hydrogen (secondary N) is 1. The first-order valence-electron chi connectivity index (χ1n) is 9.01. The van der Waals surface area contributed by atoms with Crippen LogP contribution in [0.25, 0.3) is 0 Å². The number of carbonyl (C=O) groups excluding carboxylic acids is 1. The Bertz CT molecular complexity index is 664. The van der Waals surface area contributed by atoms with Crippen LogP contribution in [0.2, 0.25) is 0 Å². The highest BCUT2D eigenvalue weighted by Crippen LogP contribution is 2.16. The van der Waals surface area contributed by atoms with Gasteiger partial charge >= 0.3 is 0 Å². The molecule has 25 heavy (non-hydrogen) atoms. The smallest absolute Gasteiger partial charge is 0.251 e. The third-order valence-electron chi connectivity index (χ3n) is 4.68. The molecule has 1 amide bonds. The molecule has 4 nitrogen and oxygen atoms in total. The summed E-state index contributed by atoms with van der Waals surface area (Å²) >= 11 is 0. The normalized spacial score (nSPS) is 16.4. The van der Waals surface area contributed by atoms with Gasteiger partial charge in [0.2, 0.25) is 0 Å². The standard InChI is InChI=1S/C21H26N2O2/c1-2-17-8-10-19(11-9-17)21(24)22-20(18-6-4-3-5-7-18)16-23-12-14-25-15-13-23/h3-11,20H,2,12-16H2,1H3,(H,22,24)/t20-/m1/s1. The fourth-order valence-electron chi connectivity index (χ4n) is 3.10. The molecule has 0 aliphatic carbocycles. The van der Waals surface area contributed by atoms with E-state index in [1.807, 2.05) is 42.5 Å². The van der Waals surface area contributed by atoms with Crippen molar-refractivity contribution >= 4 is 5.91 Å². The largest absolute Gasteiger partial charge is 0.379 e. The number of hydrogen-bond acceptors (Lipinski definition) is 3. The Kier molecular flexibility index (Phi) is 6.20. The molecule has 1 aliphatic rings. The van der Waals surface area contributed by atoms with Crippen molar-refractivity contribution in [2.75, 3.05) is 32.8 Å². The highest BCUT2D eigenvalue weighted by atomic mass is 16.5. The van der Waals surface area contributed by atoms with Gasteiger partial charge < -0.3 is 10.1 Å². The van der Waals surface area contributed by atoms with Crippen molar-refractivity contribution in [1.82, 2.24) is 10.2 Å². The zero-order chi connectivity index (χ0) is 17.5. The van der Waals surface area contributed by atoms with Crippen LogP contribution in [0.15, 0.2) is 54.6 Å². The second-order valence-corrected chi connectivity index (χ2v) is 6.40. The number of amides is 1. The molecule has 0 unspecified atom stereocenters. The van der Waals surface area contributed by atoms with Crippen LogP contribution in [0.4, 0.5) is 0 Å². The molecule has 0 bridgehead atoms. The van der Waals surface area contributed by atoms with Crippen molar-refractivity contribution in [3.63, 3.8) is 0 Å². The first kappa shape index (κ1) is 17.6. The summed E-state index contributed by atoms with van der Waals surface area (Å²) in [4.78, 5) is 15.1. The molecule has 0 spiro atoms. The number of nitrogens with zero attached hydrogens (tertiary/aromatic N) is 1. The Labute approximate surface area is 149 Å².